The SMILES string of the molecule is CCC(N)Cc1ccccc1N(C)CCCN(C)C. The van der Waals surface area contributed by atoms with Crippen molar-refractivity contribution in [2.45, 2.75) is 32.2 Å². The zero-order valence-corrected chi connectivity index (χ0v) is 12.9. The lowest BCUT2D eigenvalue weighted by Crippen LogP contribution is -2.26. The monoisotopic (exact) mass is 263 g/mol. The van der Waals surface area contributed by atoms with Crippen molar-refractivity contribution in [3.63, 3.8) is 0 Å². The lowest BCUT2D eigenvalue weighted by molar-refractivity contribution is 0.401. The third kappa shape index (κ3) is 5.62. The molecule has 1 aromatic carbocycles. The smallest absolute Gasteiger partial charge is 0.0396 e. The lowest BCUT2D eigenvalue weighted by Gasteiger charge is -2.24. The van der Waals surface area contributed by atoms with Gasteiger partial charge in [0.25, 0.3) is 0 Å². The summed E-state index contributed by atoms with van der Waals surface area (Å²) in [6.45, 7) is 4.35. The molecule has 0 spiro atoms. The molecule has 1 atom stereocenters. The molecule has 0 bridgehead atoms. The number of para-hydroxylation sites is 1. The predicted octanol–water partition coefficient (Wildman–Crippen LogP) is 2.35. The van der Waals surface area contributed by atoms with E-state index in [0.717, 1.165) is 25.9 Å². The minimum atomic E-state index is 0.260. The van der Waals surface area contributed by atoms with Gasteiger partial charge < -0.3 is 15.5 Å². The molecule has 19 heavy (non-hydrogen) atoms. The van der Waals surface area contributed by atoms with Crippen LogP contribution in [-0.4, -0.2) is 45.2 Å². The van der Waals surface area contributed by atoms with E-state index in [1.807, 2.05) is 0 Å². The van der Waals surface area contributed by atoms with Crippen molar-refractivity contribution >= 4 is 5.69 Å². The molecular weight excluding hydrogens is 234 g/mol. The topological polar surface area (TPSA) is 32.5 Å². The maximum Gasteiger partial charge on any atom is 0.0396 e. The third-order valence-electron chi connectivity index (χ3n) is 3.51. The molecule has 1 unspecified atom stereocenters. The number of nitrogens with two attached hydrogens (primary N) is 1. The van der Waals surface area contributed by atoms with Crippen LogP contribution in [-0.2, 0) is 6.42 Å². The van der Waals surface area contributed by atoms with Gasteiger partial charge in [-0.05, 0) is 51.5 Å². The molecule has 0 aliphatic heterocycles. The van der Waals surface area contributed by atoms with Crippen molar-refractivity contribution in [1.29, 1.82) is 0 Å². The van der Waals surface area contributed by atoms with Crippen LogP contribution in [0.25, 0.3) is 0 Å². The molecule has 0 amide bonds. The molecule has 0 aliphatic carbocycles. The molecule has 0 saturated heterocycles. The van der Waals surface area contributed by atoms with E-state index in [4.69, 9.17) is 5.73 Å². The number of anilines is 1. The van der Waals surface area contributed by atoms with E-state index in [1.165, 1.54) is 17.7 Å². The zero-order valence-electron chi connectivity index (χ0n) is 12.9. The summed E-state index contributed by atoms with van der Waals surface area (Å²) in [5.74, 6) is 0. The van der Waals surface area contributed by atoms with Crippen molar-refractivity contribution in [3.05, 3.63) is 29.8 Å². The first-order valence-corrected chi connectivity index (χ1v) is 7.24. The highest BCUT2D eigenvalue weighted by Gasteiger charge is 2.09. The molecule has 0 saturated carbocycles. The molecule has 0 fully saturated rings. The van der Waals surface area contributed by atoms with Crippen LogP contribution < -0.4 is 10.6 Å². The minimum Gasteiger partial charge on any atom is -0.374 e. The quantitative estimate of drug-likeness (QED) is 0.781. The summed E-state index contributed by atoms with van der Waals surface area (Å²) in [7, 11) is 6.41. The van der Waals surface area contributed by atoms with Gasteiger partial charge in [0.15, 0.2) is 0 Å². The molecule has 0 aliphatic rings. The normalized spacial score (nSPS) is 12.7. The Kier molecular flexibility index (Phi) is 6.89. The minimum absolute atomic E-state index is 0.260. The van der Waals surface area contributed by atoms with Gasteiger partial charge in [-0.3, -0.25) is 0 Å². The van der Waals surface area contributed by atoms with Crippen molar-refractivity contribution in [2.24, 2.45) is 5.73 Å². The first kappa shape index (κ1) is 16.0. The van der Waals surface area contributed by atoms with Crippen LogP contribution in [0.3, 0.4) is 0 Å². The highest BCUT2D eigenvalue weighted by Crippen LogP contribution is 2.21. The Labute approximate surface area is 118 Å². The molecule has 2 N–H and O–H groups in total. The second kappa shape index (κ2) is 8.18. The van der Waals surface area contributed by atoms with Crippen molar-refractivity contribution in [2.75, 3.05) is 39.1 Å². The van der Waals surface area contributed by atoms with Gasteiger partial charge in [-0.25, -0.2) is 0 Å². The van der Waals surface area contributed by atoms with Crippen molar-refractivity contribution in [3.8, 4) is 0 Å². The molecule has 0 heterocycles. The van der Waals surface area contributed by atoms with Crippen LogP contribution in [0.4, 0.5) is 5.69 Å². The summed E-state index contributed by atoms with van der Waals surface area (Å²) in [4.78, 5) is 4.58. The molecule has 1 rings (SSSR count). The molecule has 3 heteroatoms. The van der Waals surface area contributed by atoms with Crippen LogP contribution >= 0.6 is 0 Å². The Morgan fingerprint density at radius 2 is 1.79 bits per heavy atom. The highest BCUT2D eigenvalue weighted by atomic mass is 15.1. The van der Waals surface area contributed by atoms with Crippen LogP contribution in [0.5, 0.6) is 0 Å². The van der Waals surface area contributed by atoms with Gasteiger partial charge in [-0.2, -0.15) is 0 Å². The summed E-state index contributed by atoms with van der Waals surface area (Å²) in [6, 6.07) is 8.88. The largest absolute Gasteiger partial charge is 0.374 e. The van der Waals surface area contributed by atoms with Gasteiger partial charge in [0.05, 0.1) is 0 Å². The van der Waals surface area contributed by atoms with Crippen LogP contribution in [0.2, 0.25) is 0 Å². The van der Waals surface area contributed by atoms with Gasteiger partial charge in [0.2, 0.25) is 0 Å². The van der Waals surface area contributed by atoms with Crippen molar-refractivity contribution in [1.82, 2.24) is 4.90 Å². The van der Waals surface area contributed by atoms with E-state index in [2.05, 4.69) is 62.1 Å². The van der Waals surface area contributed by atoms with E-state index in [1.54, 1.807) is 0 Å². The fraction of sp³-hybridized carbons (Fsp3) is 0.625. The molecule has 0 aromatic heterocycles. The second-order valence-electron chi connectivity index (χ2n) is 5.58. The van der Waals surface area contributed by atoms with Gasteiger partial charge in [-0.1, -0.05) is 25.1 Å². The predicted molar refractivity (Wildman–Crippen MR) is 84.9 cm³/mol. The van der Waals surface area contributed by atoms with E-state index >= 15 is 0 Å². The number of nitrogens with zero attached hydrogens (tertiary/aromatic N) is 2. The zero-order chi connectivity index (χ0) is 14.3. The fourth-order valence-corrected chi connectivity index (χ4v) is 2.23. The Morgan fingerprint density at radius 3 is 2.42 bits per heavy atom. The average molecular weight is 263 g/mol. The summed E-state index contributed by atoms with van der Waals surface area (Å²) in [6.07, 6.45) is 3.17. The number of benzene rings is 1. The average Bonchev–Trinajstić information content (AvgIpc) is 2.38. The number of hydrogen-bond donors (Lipinski definition) is 1. The third-order valence-corrected chi connectivity index (χ3v) is 3.51. The standard InChI is InChI=1S/C16H29N3/c1-5-15(17)13-14-9-6-7-10-16(14)19(4)12-8-11-18(2)3/h6-7,9-10,15H,5,8,11-13,17H2,1-4H3. The Bertz CT molecular complexity index is 363. The second-order valence-corrected chi connectivity index (χ2v) is 5.58. The van der Waals surface area contributed by atoms with Gasteiger partial charge in [0.1, 0.15) is 0 Å². The Hall–Kier alpha value is -1.06. The van der Waals surface area contributed by atoms with E-state index in [-0.39, 0.29) is 6.04 Å². The van der Waals surface area contributed by atoms with E-state index in [9.17, 15) is 0 Å². The number of rotatable bonds is 8. The Balaban J connectivity index is 2.65. The van der Waals surface area contributed by atoms with Crippen LogP contribution in [0.15, 0.2) is 24.3 Å². The molecule has 108 valence electrons. The van der Waals surface area contributed by atoms with Gasteiger partial charge in [-0.15, -0.1) is 0 Å². The first-order valence-electron chi connectivity index (χ1n) is 7.24. The van der Waals surface area contributed by atoms with E-state index in [0.29, 0.717) is 0 Å². The van der Waals surface area contributed by atoms with Gasteiger partial charge in [0, 0.05) is 25.3 Å². The maximum absolute atomic E-state index is 6.09. The molecule has 3 nitrogen and oxygen atoms in total. The summed E-state index contributed by atoms with van der Waals surface area (Å²) in [5.41, 5.74) is 8.78. The van der Waals surface area contributed by atoms with Crippen LogP contribution in [0, 0.1) is 0 Å². The van der Waals surface area contributed by atoms with Crippen molar-refractivity contribution < 1.29 is 0 Å². The molecular formula is C16H29N3. The van der Waals surface area contributed by atoms with E-state index < -0.39 is 0 Å². The summed E-state index contributed by atoms with van der Waals surface area (Å²) < 4.78 is 0. The fourth-order valence-electron chi connectivity index (χ4n) is 2.23. The highest BCUT2D eigenvalue weighted by molar-refractivity contribution is 5.53. The first-order chi connectivity index (χ1) is 9.04. The Morgan fingerprint density at radius 1 is 1.11 bits per heavy atom. The number of hydrogen-bond acceptors (Lipinski definition) is 3. The van der Waals surface area contributed by atoms with Crippen LogP contribution in [0.1, 0.15) is 25.3 Å². The molecule has 1 aromatic rings. The molecule has 0 radical (unpaired) electrons. The summed E-state index contributed by atoms with van der Waals surface area (Å²) in [5, 5.41) is 0. The lowest BCUT2D eigenvalue weighted by atomic mass is 10.0. The maximum atomic E-state index is 6.09. The van der Waals surface area contributed by atoms with Gasteiger partial charge >= 0.3 is 0 Å². The summed E-state index contributed by atoms with van der Waals surface area (Å²) >= 11 is 0.